The molecule has 0 amide bonds. The van der Waals surface area contributed by atoms with Crippen molar-refractivity contribution in [2.24, 2.45) is 5.92 Å². The highest BCUT2D eigenvalue weighted by Gasteiger charge is 2.28. The Hall–Kier alpha value is -2.05. The maximum Gasteiger partial charge on any atom is 0.310 e. The minimum Gasteiger partial charge on any atom is -0.469 e. The fourth-order valence-electron chi connectivity index (χ4n) is 2.18. The summed E-state index contributed by atoms with van der Waals surface area (Å²) in [6.45, 7) is 1.21. The molecule has 1 fully saturated rings. The van der Waals surface area contributed by atoms with Crippen molar-refractivity contribution in [3.05, 3.63) is 16.7 Å². The molecule has 0 aliphatic carbocycles. The van der Waals surface area contributed by atoms with Gasteiger partial charge in [-0.3, -0.25) is 9.59 Å². The third-order valence-corrected chi connectivity index (χ3v) is 3.12. The molecule has 7 heteroatoms. The van der Waals surface area contributed by atoms with Crippen molar-refractivity contribution in [1.82, 2.24) is 9.97 Å². The van der Waals surface area contributed by atoms with Gasteiger partial charge in [0.15, 0.2) is 5.82 Å². The van der Waals surface area contributed by atoms with E-state index in [1.165, 1.54) is 13.4 Å². The van der Waals surface area contributed by atoms with Crippen LogP contribution in [0.4, 0.5) is 11.5 Å². The van der Waals surface area contributed by atoms with Gasteiger partial charge in [0, 0.05) is 13.1 Å². The SMILES string of the molecule is COC(=O)C1CCCN(c2nc[nH]c(=O)c2N)C1. The van der Waals surface area contributed by atoms with Gasteiger partial charge in [0.2, 0.25) is 0 Å². The number of piperidine rings is 1. The Bertz CT molecular complexity index is 499. The van der Waals surface area contributed by atoms with Gasteiger partial charge in [0.1, 0.15) is 5.69 Å². The summed E-state index contributed by atoms with van der Waals surface area (Å²) in [4.78, 5) is 31.3. The van der Waals surface area contributed by atoms with Crippen LogP contribution in [-0.2, 0) is 9.53 Å². The van der Waals surface area contributed by atoms with Gasteiger partial charge < -0.3 is 20.4 Å². The Balaban J connectivity index is 2.21. The maximum absolute atomic E-state index is 11.5. The number of aromatic nitrogens is 2. The second-order valence-corrected chi connectivity index (χ2v) is 4.28. The van der Waals surface area contributed by atoms with Crippen molar-refractivity contribution in [1.29, 1.82) is 0 Å². The van der Waals surface area contributed by atoms with Gasteiger partial charge in [0.05, 0.1) is 19.4 Å². The van der Waals surface area contributed by atoms with E-state index in [1.54, 1.807) is 0 Å². The number of H-pyrrole nitrogens is 1. The minimum absolute atomic E-state index is 0.0861. The van der Waals surface area contributed by atoms with Gasteiger partial charge in [-0.25, -0.2) is 4.98 Å². The number of carbonyl (C=O) groups is 1. The summed E-state index contributed by atoms with van der Waals surface area (Å²) >= 11 is 0. The number of nitrogens with two attached hydrogens (primary N) is 1. The molecule has 0 aromatic carbocycles. The van der Waals surface area contributed by atoms with E-state index < -0.39 is 0 Å². The Labute approximate surface area is 104 Å². The third-order valence-electron chi connectivity index (χ3n) is 3.12. The molecular formula is C11H16N4O3. The molecule has 1 atom stereocenters. The van der Waals surface area contributed by atoms with Crippen LogP contribution in [0.15, 0.2) is 11.1 Å². The first-order valence-corrected chi connectivity index (χ1v) is 5.79. The molecule has 1 saturated heterocycles. The number of nitrogen functional groups attached to an aromatic ring is 1. The van der Waals surface area contributed by atoms with Gasteiger partial charge in [-0.2, -0.15) is 0 Å². The van der Waals surface area contributed by atoms with Crippen molar-refractivity contribution >= 4 is 17.5 Å². The second-order valence-electron chi connectivity index (χ2n) is 4.28. The number of rotatable bonds is 2. The summed E-state index contributed by atoms with van der Waals surface area (Å²) in [5, 5.41) is 0. The summed E-state index contributed by atoms with van der Waals surface area (Å²) in [5.41, 5.74) is 5.43. The fraction of sp³-hybridized carbons (Fsp3) is 0.545. The first kappa shape index (κ1) is 12.4. The molecule has 1 aromatic heterocycles. The standard InChI is InChI=1S/C11H16N4O3/c1-18-11(17)7-3-2-4-15(5-7)9-8(12)10(16)14-6-13-9/h6-7H,2-5,12H2,1H3,(H,13,14,16). The lowest BCUT2D eigenvalue weighted by atomic mass is 9.98. The number of nitrogens with one attached hydrogen (secondary N) is 1. The van der Waals surface area contributed by atoms with Crippen LogP contribution in [0.25, 0.3) is 0 Å². The van der Waals surface area contributed by atoms with Gasteiger partial charge >= 0.3 is 5.97 Å². The van der Waals surface area contributed by atoms with E-state index in [1.807, 2.05) is 4.90 Å². The number of carbonyl (C=O) groups excluding carboxylic acids is 1. The van der Waals surface area contributed by atoms with E-state index in [4.69, 9.17) is 10.5 Å². The van der Waals surface area contributed by atoms with Crippen molar-refractivity contribution in [2.45, 2.75) is 12.8 Å². The zero-order chi connectivity index (χ0) is 13.1. The number of nitrogens with zero attached hydrogens (tertiary/aromatic N) is 2. The van der Waals surface area contributed by atoms with E-state index in [9.17, 15) is 9.59 Å². The van der Waals surface area contributed by atoms with Crippen molar-refractivity contribution < 1.29 is 9.53 Å². The normalized spacial score (nSPS) is 19.6. The lowest BCUT2D eigenvalue weighted by molar-refractivity contribution is -0.145. The molecule has 98 valence electrons. The molecular weight excluding hydrogens is 236 g/mol. The summed E-state index contributed by atoms with van der Waals surface area (Å²) < 4.78 is 4.74. The van der Waals surface area contributed by atoms with Crippen molar-refractivity contribution in [3.8, 4) is 0 Å². The van der Waals surface area contributed by atoms with Gasteiger partial charge in [-0.05, 0) is 12.8 Å². The summed E-state index contributed by atoms with van der Waals surface area (Å²) in [5.74, 6) is 0.0136. The van der Waals surface area contributed by atoms with Crippen LogP contribution in [0.3, 0.4) is 0 Å². The molecule has 7 nitrogen and oxygen atoms in total. The maximum atomic E-state index is 11.5. The molecule has 0 spiro atoms. The molecule has 0 bridgehead atoms. The highest BCUT2D eigenvalue weighted by Crippen LogP contribution is 2.24. The lowest BCUT2D eigenvalue weighted by Gasteiger charge is -2.32. The van der Waals surface area contributed by atoms with Gasteiger partial charge in [-0.1, -0.05) is 0 Å². The number of hydrogen-bond acceptors (Lipinski definition) is 6. The van der Waals surface area contributed by atoms with E-state index in [2.05, 4.69) is 9.97 Å². The molecule has 2 heterocycles. The minimum atomic E-state index is -0.361. The highest BCUT2D eigenvalue weighted by atomic mass is 16.5. The molecule has 1 unspecified atom stereocenters. The summed E-state index contributed by atoms with van der Waals surface area (Å²) in [7, 11) is 1.38. The topological polar surface area (TPSA) is 101 Å². The zero-order valence-corrected chi connectivity index (χ0v) is 10.2. The smallest absolute Gasteiger partial charge is 0.310 e. The number of esters is 1. The predicted molar refractivity (Wildman–Crippen MR) is 66.2 cm³/mol. The van der Waals surface area contributed by atoms with Crippen LogP contribution in [-0.4, -0.2) is 36.1 Å². The first-order valence-electron chi connectivity index (χ1n) is 5.79. The monoisotopic (exact) mass is 252 g/mol. The van der Waals surface area contributed by atoms with Crippen LogP contribution < -0.4 is 16.2 Å². The van der Waals surface area contributed by atoms with Gasteiger partial charge in [-0.15, -0.1) is 0 Å². The number of aromatic amines is 1. The number of hydrogen-bond donors (Lipinski definition) is 2. The van der Waals surface area contributed by atoms with Crippen LogP contribution in [0.5, 0.6) is 0 Å². The number of ether oxygens (including phenoxy) is 1. The second kappa shape index (κ2) is 5.07. The fourth-order valence-corrected chi connectivity index (χ4v) is 2.18. The molecule has 2 rings (SSSR count). The summed E-state index contributed by atoms with van der Waals surface area (Å²) in [6.07, 6.45) is 2.94. The predicted octanol–water partition coefficient (Wildman–Crippen LogP) is -0.258. The molecule has 1 aliphatic rings. The van der Waals surface area contributed by atoms with Crippen LogP contribution >= 0.6 is 0 Å². The molecule has 0 radical (unpaired) electrons. The van der Waals surface area contributed by atoms with E-state index in [-0.39, 0.29) is 23.1 Å². The average Bonchev–Trinajstić information content (AvgIpc) is 2.41. The Morgan fingerprint density at radius 1 is 1.67 bits per heavy atom. The van der Waals surface area contributed by atoms with E-state index in [0.29, 0.717) is 12.4 Å². The lowest BCUT2D eigenvalue weighted by Crippen LogP contribution is -2.40. The quantitative estimate of drug-likeness (QED) is 0.703. The third kappa shape index (κ3) is 2.29. The molecule has 1 aromatic rings. The van der Waals surface area contributed by atoms with Crippen molar-refractivity contribution in [2.75, 3.05) is 30.8 Å². The zero-order valence-electron chi connectivity index (χ0n) is 10.2. The molecule has 18 heavy (non-hydrogen) atoms. The molecule has 0 saturated carbocycles. The number of anilines is 2. The van der Waals surface area contributed by atoms with Crippen LogP contribution in [0.2, 0.25) is 0 Å². The van der Waals surface area contributed by atoms with Crippen LogP contribution in [0, 0.1) is 5.92 Å². The van der Waals surface area contributed by atoms with E-state index >= 15 is 0 Å². The van der Waals surface area contributed by atoms with E-state index in [0.717, 1.165) is 19.4 Å². The Kier molecular flexibility index (Phi) is 3.50. The average molecular weight is 252 g/mol. The highest BCUT2D eigenvalue weighted by molar-refractivity contribution is 5.74. The van der Waals surface area contributed by atoms with Crippen LogP contribution in [0.1, 0.15) is 12.8 Å². The Morgan fingerprint density at radius 3 is 3.17 bits per heavy atom. The number of methoxy groups -OCH3 is 1. The Morgan fingerprint density at radius 2 is 2.44 bits per heavy atom. The molecule has 1 aliphatic heterocycles. The molecule has 3 N–H and O–H groups in total. The summed E-state index contributed by atoms with van der Waals surface area (Å²) in [6, 6.07) is 0. The van der Waals surface area contributed by atoms with Gasteiger partial charge in [0.25, 0.3) is 5.56 Å². The van der Waals surface area contributed by atoms with Crippen molar-refractivity contribution in [3.63, 3.8) is 0 Å². The largest absolute Gasteiger partial charge is 0.469 e. The first-order chi connectivity index (χ1) is 8.63.